The largest absolute Gasteiger partial charge is 0.399 e. The van der Waals surface area contributed by atoms with Gasteiger partial charge in [0, 0.05) is 29.6 Å². The number of rotatable bonds is 4. The molecule has 1 aromatic heterocycles. The molecule has 0 saturated carbocycles. The van der Waals surface area contributed by atoms with Crippen LogP contribution in [0.3, 0.4) is 0 Å². The van der Waals surface area contributed by atoms with E-state index in [0.717, 1.165) is 10.9 Å². The first-order chi connectivity index (χ1) is 9.35. The number of nitrogen functional groups attached to an aromatic ring is 1. The van der Waals surface area contributed by atoms with Gasteiger partial charge in [-0.25, -0.2) is 0 Å². The van der Waals surface area contributed by atoms with Gasteiger partial charge in [0.1, 0.15) is 5.69 Å². The van der Waals surface area contributed by atoms with Crippen molar-refractivity contribution in [1.82, 2.24) is 10.3 Å². The summed E-state index contributed by atoms with van der Waals surface area (Å²) in [4.78, 5) is 14.7. The van der Waals surface area contributed by atoms with E-state index in [4.69, 9.17) is 5.73 Å². The Morgan fingerprint density at radius 3 is 2.75 bits per heavy atom. The van der Waals surface area contributed by atoms with Crippen molar-refractivity contribution in [2.24, 2.45) is 0 Å². The molecule has 108 valence electrons. The van der Waals surface area contributed by atoms with Crippen LogP contribution in [0.2, 0.25) is 0 Å². The molecular weight excluding hydrogens is 271 g/mol. The molecule has 0 atom stereocenters. The number of hydrogen-bond acceptors (Lipinski definition) is 2. The number of halogens is 3. The van der Waals surface area contributed by atoms with Gasteiger partial charge in [0.05, 0.1) is 0 Å². The Morgan fingerprint density at radius 2 is 2.05 bits per heavy atom. The summed E-state index contributed by atoms with van der Waals surface area (Å²) in [5.74, 6) is -0.429. The molecule has 1 aromatic carbocycles. The van der Waals surface area contributed by atoms with E-state index in [1.807, 2.05) is 0 Å². The third-order valence-corrected chi connectivity index (χ3v) is 2.81. The van der Waals surface area contributed by atoms with Crippen molar-refractivity contribution in [3.63, 3.8) is 0 Å². The first-order valence-electron chi connectivity index (χ1n) is 6.08. The van der Waals surface area contributed by atoms with Gasteiger partial charge >= 0.3 is 6.18 Å². The fourth-order valence-electron chi connectivity index (χ4n) is 1.86. The number of benzene rings is 1. The van der Waals surface area contributed by atoms with Crippen LogP contribution in [0.4, 0.5) is 18.9 Å². The highest BCUT2D eigenvalue weighted by Gasteiger charge is 2.26. The SMILES string of the molecule is Nc1ccc2[nH]c(C(=O)NCCCC(F)(F)F)cc2c1. The maximum Gasteiger partial charge on any atom is 0.389 e. The van der Waals surface area contributed by atoms with E-state index in [9.17, 15) is 18.0 Å². The number of aromatic amines is 1. The van der Waals surface area contributed by atoms with Crippen molar-refractivity contribution in [3.05, 3.63) is 30.0 Å². The molecule has 0 unspecified atom stereocenters. The highest BCUT2D eigenvalue weighted by atomic mass is 19.4. The van der Waals surface area contributed by atoms with E-state index >= 15 is 0 Å². The predicted molar refractivity (Wildman–Crippen MR) is 70.3 cm³/mol. The monoisotopic (exact) mass is 285 g/mol. The lowest BCUT2D eigenvalue weighted by Crippen LogP contribution is -2.25. The zero-order valence-corrected chi connectivity index (χ0v) is 10.6. The Kier molecular flexibility index (Phi) is 3.87. The fraction of sp³-hybridized carbons (Fsp3) is 0.308. The maximum absolute atomic E-state index is 11.9. The zero-order chi connectivity index (χ0) is 14.8. The number of aromatic nitrogens is 1. The second-order valence-corrected chi connectivity index (χ2v) is 4.50. The van der Waals surface area contributed by atoms with Gasteiger partial charge in [-0.3, -0.25) is 4.79 Å². The molecule has 7 heteroatoms. The van der Waals surface area contributed by atoms with Crippen LogP contribution in [-0.2, 0) is 0 Å². The summed E-state index contributed by atoms with van der Waals surface area (Å²) in [6, 6.07) is 6.77. The van der Waals surface area contributed by atoms with Crippen LogP contribution >= 0.6 is 0 Å². The van der Waals surface area contributed by atoms with Crippen molar-refractivity contribution in [1.29, 1.82) is 0 Å². The van der Waals surface area contributed by atoms with Gasteiger partial charge in [-0.2, -0.15) is 13.2 Å². The van der Waals surface area contributed by atoms with Crippen LogP contribution in [0.25, 0.3) is 10.9 Å². The van der Waals surface area contributed by atoms with Gasteiger partial charge in [0.25, 0.3) is 5.91 Å². The number of fused-ring (bicyclic) bond motifs is 1. The lowest BCUT2D eigenvalue weighted by atomic mass is 10.2. The third kappa shape index (κ3) is 3.66. The number of amides is 1. The molecule has 0 saturated heterocycles. The summed E-state index contributed by atoms with van der Waals surface area (Å²) in [5.41, 5.74) is 7.26. The Hall–Kier alpha value is -2.18. The summed E-state index contributed by atoms with van der Waals surface area (Å²) >= 11 is 0. The van der Waals surface area contributed by atoms with Crippen LogP contribution in [0, 0.1) is 0 Å². The molecule has 20 heavy (non-hydrogen) atoms. The molecule has 2 aromatic rings. The number of nitrogens with two attached hydrogens (primary N) is 1. The lowest BCUT2D eigenvalue weighted by molar-refractivity contribution is -0.135. The van der Waals surface area contributed by atoms with Crippen molar-refractivity contribution in [2.45, 2.75) is 19.0 Å². The van der Waals surface area contributed by atoms with Gasteiger partial charge in [-0.15, -0.1) is 0 Å². The first kappa shape index (κ1) is 14.2. The van der Waals surface area contributed by atoms with Crippen LogP contribution in [0.5, 0.6) is 0 Å². The van der Waals surface area contributed by atoms with E-state index in [2.05, 4.69) is 10.3 Å². The standard InChI is InChI=1S/C13H14F3N3O/c14-13(15,16)4-1-5-18-12(20)11-7-8-6-9(17)2-3-10(8)19-11/h2-3,6-7,19H,1,4-5,17H2,(H,18,20). The highest BCUT2D eigenvalue weighted by Crippen LogP contribution is 2.21. The molecule has 0 bridgehead atoms. The number of alkyl halides is 3. The summed E-state index contributed by atoms with van der Waals surface area (Å²) in [6.45, 7) is -0.0180. The summed E-state index contributed by atoms with van der Waals surface area (Å²) in [5, 5.41) is 3.23. The highest BCUT2D eigenvalue weighted by molar-refractivity contribution is 5.98. The van der Waals surface area contributed by atoms with E-state index in [-0.39, 0.29) is 13.0 Å². The molecule has 0 fully saturated rings. The number of carbonyl (C=O) groups is 1. The molecule has 0 radical (unpaired) electrons. The molecule has 2 rings (SSSR count). The third-order valence-electron chi connectivity index (χ3n) is 2.81. The molecule has 1 heterocycles. The van der Waals surface area contributed by atoms with Gasteiger partial charge in [0.2, 0.25) is 0 Å². The Bertz CT molecular complexity index is 619. The molecule has 0 spiro atoms. The van der Waals surface area contributed by atoms with Crippen molar-refractivity contribution < 1.29 is 18.0 Å². The zero-order valence-electron chi connectivity index (χ0n) is 10.6. The van der Waals surface area contributed by atoms with Crippen molar-refractivity contribution in [2.75, 3.05) is 12.3 Å². The average molecular weight is 285 g/mol. The van der Waals surface area contributed by atoms with Crippen LogP contribution in [0.15, 0.2) is 24.3 Å². The van der Waals surface area contributed by atoms with Crippen molar-refractivity contribution >= 4 is 22.5 Å². The first-order valence-corrected chi connectivity index (χ1v) is 6.08. The van der Waals surface area contributed by atoms with Gasteiger partial charge in [-0.05, 0) is 30.7 Å². The topological polar surface area (TPSA) is 70.9 Å². The molecule has 4 nitrogen and oxygen atoms in total. The Morgan fingerprint density at radius 1 is 1.30 bits per heavy atom. The number of hydrogen-bond donors (Lipinski definition) is 3. The number of nitrogens with one attached hydrogen (secondary N) is 2. The van der Waals surface area contributed by atoms with E-state index < -0.39 is 18.5 Å². The normalized spacial score (nSPS) is 11.8. The van der Waals surface area contributed by atoms with Gasteiger partial charge in [0.15, 0.2) is 0 Å². The van der Waals surface area contributed by atoms with Crippen LogP contribution in [0.1, 0.15) is 23.3 Å². The summed E-state index contributed by atoms with van der Waals surface area (Å²) in [7, 11) is 0. The molecule has 0 aliphatic rings. The number of anilines is 1. The van der Waals surface area contributed by atoms with E-state index in [1.165, 1.54) is 0 Å². The molecule has 4 N–H and O–H groups in total. The maximum atomic E-state index is 11.9. The molecular formula is C13H14F3N3O. The molecule has 1 amide bonds. The second-order valence-electron chi connectivity index (χ2n) is 4.50. The minimum absolute atomic E-state index is 0.0180. The van der Waals surface area contributed by atoms with Gasteiger partial charge in [-0.1, -0.05) is 0 Å². The fourth-order valence-corrected chi connectivity index (χ4v) is 1.86. The number of carbonyl (C=O) groups excluding carboxylic acids is 1. The molecule has 0 aliphatic heterocycles. The Balaban J connectivity index is 1.94. The van der Waals surface area contributed by atoms with Crippen LogP contribution < -0.4 is 11.1 Å². The van der Waals surface area contributed by atoms with E-state index in [0.29, 0.717) is 11.4 Å². The van der Waals surface area contributed by atoms with E-state index in [1.54, 1.807) is 24.3 Å². The second kappa shape index (κ2) is 5.44. The van der Waals surface area contributed by atoms with Crippen LogP contribution in [-0.4, -0.2) is 23.6 Å². The lowest BCUT2D eigenvalue weighted by Gasteiger charge is -2.06. The summed E-state index contributed by atoms with van der Waals surface area (Å²) < 4.78 is 35.8. The summed E-state index contributed by atoms with van der Waals surface area (Å²) in [6.07, 6.45) is -5.23. The average Bonchev–Trinajstić information content (AvgIpc) is 2.76. The number of H-pyrrole nitrogens is 1. The minimum atomic E-state index is -4.19. The van der Waals surface area contributed by atoms with Gasteiger partial charge < -0.3 is 16.0 Å². The Labute approximate surface area is 113 Å². The molecule has 0 aliphatic carbocycles. The quantitative estimate of drug-likeness (QED) is 0.597. The minimum Gasteiger partial charge on any atom is -0.399 e. The van der Waals surface area contributed by atoms with Crippen molar-refractivity contribution in [3.8, 4) is 0 Å². The predicted octanol–water partition coefficient (Wildman–Crippen LogP) is 2.82. The smallest absolute Gasteiger partial charge is 0.389 e.